The Bertz CT molecular complexity index is 137. The van der Waals surface area contributed by atoms with Gasteiger partial charge >= 0.3 is 0 Å². The van der Waals surface area contributed by atoms with Crippen LogP contribution in [0.2, 0.25) is 0 Å². The number of hydrogen-bond donors (Lipinski definition) is 0. The standard InChI is InChI=1S/C8H13N.C2H6/c1-7(2)5-8(6-9)3-4-8;1-2/h7H,3-5H2,1-2H3;1-2H3. The molecule has 1 fully saturated rings. The van der Waals surface area contributed by atoms with Crippen LogP contribution in [0, 0.1) is 22.7 Å². The van der Waals surface area contributed by atoms with Gasteiger partial charge in [-0.1, -0.05) is 27.7 Å². The maximum atomic E-state index is 8.66. The molecule has 1 heteroatoms. The molecule has 0 heterocycles. The maximum Gasteiger partial charge on any atom is 0.0689 e. The summed E-state index contributed by atoms with van der Waals surface area (Å²) in [6, 6.07) is 2.38. The fourth-order valence-electron chi connectivity index (χ4n) is 1.29. The Morgan fingerprint density at radius 2 is 1.82 bits per heavy atom. The molecule has 1 aliphatic rings. The third kappa shape index (κ3) is 3.41. The highest BCUT2D eigenvalue weighted by Crippen LogP contribution is 2.49. The van der Waals surface area contributed by atoms with Crippen LogP contribution in [-0.2, 0) is 0 Å². The largest absolute Gasteiger partial charge is 0.198 e. The molecule has 0 atom stereocenters. The first-order valence-electron chi connectivity index (χ1n) is 4.60. The minimum Gasteiger partial charge on any atom is -0.198 e. The van der Waals surface area contributed by atoms with Crippen molar-refractivity contribution in [3.8, 4) is 6.07 Å². The first-order valence-corrected chi connectivity index (χ1v) is 4.60. The van der Waals surface area contributed by atoms with Crippen LogP contribution < -0.4 is 0 Å². The molecule has 0 saturated heterocycles. The SMILES string of the molecule is CC.CC(C)CC1(C#N)CC1. The zero-order chi connectivity index (χ0) is 8.91. The minimum atomic E-state index is 0.119. The summed E-state index contributed by atoms with van der Waals surface area (Å²) in [5.74, 6) is 0.687. The molecule has 0 unspecified atom stereocenters. The quantitative estimate of drug-likeness (QED) is 0.596. The summed E-state index contributed by atoms with van der Waals surface area (Å²) in [6.07, 6.45) is 3.38. The van der Waals surface area contributed by atoms with E-state index < -0.39 is 0 Å². The molecule has 1 aliphatic carbocycles. The van der Waals surface area contributed by atoms with Crippen molar-refractivity contribution < 1.29 is 0 Å². The summed E-state index contributed by atoms with van der Waals surface area (Å²) >= 11 is 0. The van der Waals surface area contributed by atoms with E-state index in [2.05, 4.69) is 19.9 Å². The van der Waals surface area contributed by atoms with Crippen molar-refractivity contribution in [2.45, 2.75) is 47.0 Å². The van der Waals surface area contributed by atoms with Crippen LogP contribution >= 0.6 is 0 Å². The van der Waals surface area contributed by atoms with Gasteiger partial charge < -0.3 is 0 Å². The fraction of sp³-hybridized carbons (Fsp3) is 0.900. The summed E-state index contributed by atoms with van der Waals surface area (Å²) in [4.78, 5) is 0. The van der Waals surface area contributed by atoms with Gasteiger partial charge in [0.05, 0.1) is 11.5 Å². The third-order valence-corrected chi connectivity index (χ3v) is 1.89. The molecule has 0 aromatic carbocycles. The van der Waals surface area contributed by atoms with E-state index in [1.54, 1.807) is 0 Å². The lowest BCUT2D eigenvalue weighted by molar-refractivity contribution is 0.471. The molecule has 0 N–H and O–H groups in total. The van der Waals surface area contributed by atoms with E-state index in [9.17, 15) is 0 Å². The van der Waals surface area contributed by atoms with Crippen LogP contribution in [0.5, 0.6) is 0 Å². The van der Waals surface area contributed by atoms with Crippen molar-refractivity contribution in [2.75, 3.05) is 0 Å². The van der Waals surface area contributed by atoms with Gasteiger partial charge in [-0.3, -0.25) is 0 Å². The molecule has 0 bridgehead atoms. The Balaban J connectivity index is 0.000000461. The second-order valence-electron chi connectivity index (χ2n) is 3.49. The molecular weight excluding hydrogens is 134 g/mol. The summed E-state index contributed by atoms with van der Waals surface area (Å²) in [5, 5.41) is 8.66. The highest BCUT2D eigenvalue weighted by Gasteiger charge is 2.42. The zero-order valence-electron chi connectivity index (χ0n) is 8.15. The average Bonchev–Trinajstić information content (AvgIpc) is 2.73. The van der Waals surface area contributed by atoms with Crippen LogP contribution in [0.25, 0.3) is 0 Å². The Labute approximate surface area is 70.4 Å². The summed E-state index contributed by atoms with van der Waals surface area (Å²) < 4.78 is 0. The van der Waals surface area contributed by atoms with Gasteiger partial charge in [0.2, 0.25) is 0 Å². The number of rotatable bonds is 2. The van der Waals surface area contributed by atoms with Crippen LogP contribution in [0.4, 0.5) is 0 Å². The van der Waals surface area contributed by atoms with Gasteiger partial charge in [0.25, 0.3) is 0 Å². The highest BCUT2D eigenvalue weighted by atomic mass is 14.5. The van der Waals surface area contributed by atoms with Crippen molar-refractivity contribution in [1.29, 1.82) is 5.26 Å². The molecule has 0 radical (unpaired) electrons. The van der Waals surface area contributed by atoms with Crippen molar-refractivity contribution in [1.82, 2.24) is 0 Å². The van der Waals surface area contributed by atoms with Crippen molar-refractivity contribution >= 4 is 0 Å². The average molecular weight is 153 g/mol. The lowest BCUT2D eigenvalue weighted by Gasteiger charge is -2.06. The van der Waals surface area contributed by atoms with E-state index in [0.717, 1.165) is 19.3 Å². The molecule has 11 heavy (non-hydrogen) atoms. The van der Waals surface area contributed by atoms with E-state index in [1.807, 2.05) is 13.8 Å². The van der Waals surface area contributed by atoms with E-state index in [1.165, 1.54) is 0 Å². The fourth-order valence-corrected chi connectivity index (χ4v) is 1.29. The van der Waals surface area contributed by atoms with Gasteiger partial charge in [-0.05, 0) is 25.2 Å². The first-order chi connectivity index (χ1) is 5.18. The minimum absolute atomic E-state index is 0.119. The first kappa shape index (κ1) is 10.5. The number of hydrogen-bond acceptors (Lipinski definition) is 1. The summed E-state index contributed by atoms with van der Waals surface area (Å²) in [5.41, 5.74) is 0.119. The molecule has 0 aliphatic heterocycles. The molecule has 0 amide bonds. The van der Waals surface area contributed by atoms with Crippen molar-refractivity contribution in [3.63, 3.8) is 0 Å². The van der Waals surface area contributed by atoms with Crippen LogP contribution in [0.1, 0.15) is 47.0 Å². The second-order valence-corrected chi connectivity index (χ2v) is 3.49. The molecule has 0 aromatic heterocycles. The molecule has 0 spiro atoms. The van der Waals surface area contributed by atoms with Crippen LogP contribution in [0.3, 0.4) is 0 Å². The Morgan fingerprint density at radius 3 is 1.91 bits per heavy atom. The second kappa shape index (κ2) is 4.38. The van der Waals surface area contributed by atoms with E-state index in [-0.39, 0.29) is 5.41 Å². The smallest absolute Gasteiger partial charge is 0.0689 e. The molecule has 1 nitrogen and oxygen atoms in total. The molecule has 0 aromatic rings. The topological polar surface area (TPSA) is 23.8 Å². The number of nitriles is 1. The van der Waals surface area contributed by atoms with Gasteiger partial charge in [0.15, 0.2) is 0 Å². The molecule has 64 valence electrons. The van der Waals surface area contributed by atoms with E-state index >= 15 is 0 Å². The Kier molecular flexibility index (Phi) is 4.18. The Morgan fingerprint density at radius 1 is 1.36 bits per heavy atom. The summed E-state index contributed by atoms with van der Waals surface area (Å²) in [7, 11) is 0. The van der Waals surface area contributed by atoms with Crippen molar-refractivity contribution in [3.05, 3.63) is 0 Å². The van der Waals surface area contributed by atoms with Gasteiger partial charge in [0.1, 0.15) is 0 Å². The number of nitrogens with zero attached hydrogens (tertiary/aromatic N) is 1. The van der Waals surface area contributed by atoms with Crippen molar-refractivity contribution in [2.24, 2.45) is 11.3 Å². The van der Waals surface area contributed by atoms with Gasteiger partial charge in [-0.2, -0.15) is 5.26 Å². The normalized spacial score (nSPS) is 18.2. The lowest BCUT2D eigenvalue weighted by Crippen LogP contribution is -2.00. The van der Waals surface area contributed by atoms with Gasteiger partial charge in [-0.25, -0.2) is 0 Å². The van der Waals surface area contributed by atoms with Gasteiger partial charge in [-0.15, -0.1) is 0 Å². The predicted octanol–water partition coefficient (Wildman–Crippen LogP) is 3.36. The molecular formula is C10H19N. The molecule has 1 saturated carbocycles. The monoisotopic (exact) mass is 153 g/mol. The third-order valence-electron chi connectivity index (χ3n) is 1.89. The van der Waals surface area contributed by atoms with E-state index in [0.29, 0.717) is 5.92 Å². The van der Waals surface area contributed by atoms with Gasteiger partial charge in [0, 0.05) is 0 Å². The lowest BCUT2D eigenvalue weighted by atomic mass is 9.96. The molecule has 1 rings (SSSR count). The zero-order valence-corrected chi connectivity index (χ0v) is 8.15. The van der Waals surface area contributed by atoms with Crippen LogP contribution in [-0.4, -0.2) is 0 Å². The summed E-state index contributed by atoms with van der Waals surface area (Å²) in [6.45, 7) is 8.36. The maximum absolute atomic E-state index is 8.66. The van der Waals surface area contributed by atoms with Crippen LogP contribution in [0.15, 0.2) is 0 Å². The predicted molar refractivity (Wildman–Crippen MR) is 48.1 cm³/mol. The van der Waals surface area contributed by atoms with E-state index in [4.69, 9.17) is 5.26 Å². The Hall–Kier alpha value is -0.510. The highest BCUT2D eigenvalue weighted by molar-refractivity contribution is 5.09.